The van der Waals surface area contributed by atoms with E-state index < -0.39 is 0 Å². The van der Waals surface area contributed by atoms with E-state index in [4.69, 9.17) is 11.2 Å². The molecule has 166 valence electrons. The van der Waals surface area contributed by atoms with Crippen LogP contribution in [0.5, 0.6) is 5.75 Å². The molecule has 1 saturated heterocycles. The molecule has 1 aliphatic carbocycles. The van der Waals surface area contributed by atoms with Gasteiger partial charge in [-0.15, -0.1) is 0 Å². The Morgan fingerprint density at radius 3 is 2.62 bits per heavy atom. The number of fused-ring (bicyclic) bond motifs is 1. The molecule has 3 heterocycles. The Bertz CT molecular complexity index is 1110. The summed E-state index contributed by atoms with van der Waals surface area (Å²) in [6.07, 6.45) is 7.93. The van der Waals surface area contributed by atoms with Crippen LogP contribution in [-0.2, 0) is 0 Å². The molecule has 32 heavy (non-hydrogen) atoms. The molecule has 0 N–H and O–H groups in total. The van der Waals surface area contributed by atoms with Crippen molar-refractivity contribution in [2.75, 3.05) is 39.8 Å². The molecule has 2 aliphatic rings. The summed E-state index contributed by atoms with van der Waals surface area (Å²) in [6.45, 7) is 4.50. The summed E-state index contributed by atoms with van der Waals surface area (Å²) >= 11 is 0. The Morgan fingerprint density at radius 2 is 1.84 bits per heavy atom. The van der Waals surface area contributed by atoms with Crippen LogP contribution in [0.1, 0.15) is 38.8 Å². The highest BCUT2D eigenvalue weighted by Gasteiger charge is 2.29. The second kappa shape index (κ2) is 9.68. The number of piperazine rings is 1. The van der Waals surface area contributed by atoms with Gasteiger partial charge in [-0.05, 0) is 50.8 Å². The van der Waals surface area contributed by atoms with Gasteiger partial charge in [0.2, 0.25) is 0 Å². The molecule has 0 unspecified atom stereocenters. The number of ether oxygens (including phenoxy) is 1. The Balaban J connectivity index is 1.25. The summed E-state index contributed by atoms with van der Waals surface area (Å²) in [5.41, 5.74) is 1.58. The maximum Gasteiger partial charge on any atom is 0.162 e. The van der Waals surface area contributed by atoms with Gasteiger partial charge in [0.05, 0.1) is 11.4 Å². The second-order valence-electron chi connectivity index (χ2n) is 8.57. The third-order valence-electron chi connectivity index (χ3n) is 6.57. The van der Waals surface area contributed by atoms with Crippen LogP contribution in [0, 0.1) is 11.8 Å². The van der Waals surface area contributed by atoms with Gasteiger partial charge < -0.3 is 9.64 Å². The van der Waals surface area contributed by atoms with Gasteiger partial charge in [-0.2, -0.15) is 5.10 Å². The molecular formula is C25H30N6O. The van der Waals surface area contributed by atoms with Gasteiger partial charge in [-0.1, -0.05) is 24.1 Å². The van der Waals surface area contributed by atoms with Gasteiger partial charge in [0, 0.05) is 39.8 Å². The van der Waals surface area contributed by atoms with Crippen LogP contribution in [0.25, 0.3) is 11.0 Å². The van der Waals surface area contributed by atoms with Crippen molar-refractivity contribution in [1.82, 2.24) is 29.5 Å². The summed E-state index contributed by atoms with van der Waals surface area (Å²) in [5.74, 6) is 7.07. The van der Waals surface area contributed by atoms with E-state index in [2.05, 4.69) is 36.3 Å². The number of benzene rings is 1. The lowest BCUT2D eigenvalue weighted by atomic mass is 9.90. The lowest BCUT2D eigenvalue weighted by Crippen LogP contribution is -2.49. The largest absolute Gasteiger partial charge is 0.481 e. The zero-order valence-electron chi connectivity index (χ0n) is 19.4. The standard InChI is InChI=1S/C25H30N6O/c1-29-13-15-30(16-14-29)20-9-11-21(12-10-20)31-25-23(18-26-19-27-25)24(28-31)8-5-17-32-22-6-3-2-4-7-22/h2-4,6-7,18-21H,9-17H2,1H3/i1D. The Kier molecular flexibility index (Phi) is 5.96. The van der Waals surface area contributed by atoms with Crippen molar-refractivity contribution in [3.63, 3.8) is 0 Å². The molecule has 0 bridgehead atoms. The van der Waals surface area contributed by atoms with Crippen molar-refractivity contribution < 1.29 is 6.11 Å². The molecule has 1 aromatic carbocycles. The third kappa shape index (κ3) is 4.62. The van der Waals surface area contributed by atoms with Crippen LogP contribution in [0.15, 0.2) is 42.9 Å². The van der Waals surface area contributed by atoms with E-state index in [1.54, 1.807) is 6.33 Å². The number of hydrogen-bond donors (Lipinski definition) is 0. The molecule has 0 radical (unpaired) electrons. The molecule has 1 saturated carbocycles. The monoisotopic (exact) mass is 431 g/mol. The predicted octanol–water partition coefficient (Wildman–Crippen LogP) is 2.99. The number of nitrogens with zero attached hydrogens (tertiary/aromatic N) is 6. The summed E-state index contributed by atoms with van der Waals surface area (Å²) in [4.78, 5) is 13.6. The number of aromatic nitrogens is 4. The average molecular weight is 432 g/mol. The first-order chi connectivity index (χ1) is 16.3. The van der Waals surface area contributed by atoms with Crippen LogP contribution in [0.4, 0.5) is 0 Å². The minimum atomic E-state index is 0.310. The Morgan fingerprint density at radius 1 is 1.06 bits per heavy atom. The van der Waals surface area contributed by atoms with Crippen molar-refractivity contribution in [3.05, 3.63) is 48.5 Å². The Labute approximate surface area is 190 Å². The number of hydrogen-bond acceptors (Lipinski definition) is 6. The van der Waals surface area contributed by atoms with Crippen molar-refractivity contribution in [2.45, 2.75) is 37.8 Å². The maximum atomic E-state index is 7.56. The first-order valence-corrected chi connectivity index (χ1v) is 11.4. The molecule has 0 spiro atoms. The van der Waals surface area contributed by atoms with Crippen LogP contribution in [-0.4, -0.2) is 75.4 Å². The molecule has 1 aliphatic heterocycles. The first-order valence-electron chi connectivity index (χ1n) is 12.1. The highest BCUT2D eigenvalue weighted by molar-refractivity contribution is 5.80. The number of rotatable bonds is 4. The van der Waals surface area contributed by atoms with Crippen LogP contribution in [0.3, 0.4) is 0 Å². The van der Waals surface area contributed by atoms with E-state index >= 15 is 0 Å². The quantitative estimate of drug-likeness (QED) is 0.592. The molecule has 7 heteroatoms. The molecule has 2 aromatic heterocycles. The van der Waals surface area contributed by atoms with Gasteiger partial charge in [0.1, 0.15) is 24.4 Å². The highest BCUT2D eigenvalue weighted by Crippen LogP contribution is 2.33. The number of para-hydroxylation sites is 1. The third-order valence-corrected chi connectivity index (χ3v) is 6.57. The van der Waals surface area contributed by atoms with E-state index in [9.17, 15) is 0 Å². The van der Waals surface area contributed by atoms with Gasteiger partial charge in [-0.3, -0.25) is 4.90 Å². The highest BCUT2D eigenvalue weighted by atomic mass is 16.5. The molecule has 3 aromatic rings. The van der Waals surface area contributed by atoms with E-state index in [0.717, 1.165) is 61.5 Å². The molecule has 5 rings (SSSR count). The van der Waals surface area contributed by atoms with E-state index in [-0.39, 0.29) is 0 Å². The molecule has 0 atom stereocenters. The Hall–Kier alpha value is -2.95. The fourth-order valence-electron chi connectivity index (χ4n) is 4.78. The zero-order valence-corrected chi connectivity index (χ0v) is 18.4. The van der Waals surface area contributed by atoms with Crippen LogP contribution < -0.4 is 4.74 Å². The first kappa shape index (κ1) is 19.7. The maximum absolute atomic E-state index is 7.56. The van der Waals surface area contributed by atoms with E-state index in [0.29, 0.717) is 25.7 Å². The van der Waals surface area contributed by atoms with Crippen molar-refractivity contribution >= 4 is 11.0 Å². The lowest BCUT2D eigenvalue weighted by molar-refractivity contribution is 0.0815. The molecule has 0 amide bonds. The van der Waals surface area contributed by atoms with Crippen molar-refractivity contribution in [1.29, 1.82) is 0 Å². The average Bonchev–Trinajstić information content (AvgIpc) is 3.26. The number of likely N-dealkylation sites (N-methyl/N-ethyl adjacent to an activating group) is 1. The minimum absolute atomic E-state index is 0.310. The SMILES string of the molecule is [2H]CN1CCN(C2CCC(n3nc(C#CCOc4ccccc4)c4cncnc43)CC2)CC1. The summed E-state index contributed by atoms with van der Waals surface area (Å²) < 4.78 is 15.3. The predicted molar refractivity (Wildman–Crippen MR) is 125 cm³/mol. The van der Waals surface area contributed by atoms with Crippen molar-refractivity contribution in [2.24, 2.45) is 0 Å². The van der Waals surface area contributed by atoms with Gasteiger partial charge >= 0.3 is 0 Å². The van der Waals surface area contributed by atoms with E-state index in [1.165, 1.54) is 12.8 Å². The molecule has 2 fully saturated rings. The molecular weight excluding hydrogens is 400 g/mol. The van der Waals surface area contributed by atoms with Gasteiger partial charge in [0.15, 0.2) is 5.65 Å². The summed E-state index contributed by atoms with van der Waals surface area (Å²) in [5, 5.41) is 5.76. The second-order valence-corrected chi connectivity index (χ2v) is 8.57. The smallest absolute Gasteiger partial charge is 0.162 e. The van der Waals surface area contributed by atoms with Gasteiger partial charge in [-0.25, -0.2) is 14.6 Å². The minimum Gasteiger partial charge on any atom is -0.481 e. The summed E-state index contributed by atoms with van der Waals surface area (Å²) in [6, 6.07) is 10.7. The zero-order chi connectivity index (χ0) is 22.5. The summed E-state index contributed by atoms with van der Waals surface area (Å²) in [7, 11) is 0.415. The van der Waals surface area contributed by atoms with Crippen LogP contribution >= 0.6 is 0 Å². The lowest BCUT2D eigenvalue weighted by Gasteiger charge is -2.41. The van der Waals surface area contributed by atoms with Crippen LogP contribution in [0.2, 0.25) is 0 Å². The topological polar surface area (TPSA) is 59.3 Å². The normalized spacial score (nSPS) is 22.8. The fourth-order valence-corrected chi connectivity index (χ4v) is 4.78. The van der Waals surface area contributed by atoms with Crippen molar-refractivity contribution in [3.8, 4) is 17.6 Å². The van der Waals surface area contributed by atoms with E-state index in [1.807, 2.05) is 36.5 Å². The molecule has 7 nitrogen and oxygen atoms in total. The fraction of sp³-hybridized carbons (Fsp3) is 0.480. The van der Waals surface area contributed by atoms with Gasteiger partial charge in [0.25, 0.3) is 0 Å².